The van der Waals surface area contributed by atoms with Crippen LogP contribution in [0, 0.1) is 0 Å². The summed E-state index contributed by atoms with van der Waals surface area (Å²) in [6.07, 6.45) is 3.91. The molecule has 5 rings (SSSR count). The lowest BCUT2D eigenvalue weighted by Gasteiger charge is -2.25. The Morgan fingerprint density at radius 1 is 0.967 bits per heavy atom. The van der Waals surface area contributed by atoms with E-state index in [-0.39, 0.29) is 12.6 Å². The van der Waals surface area contributed by atoms with E-state index in [0.717, 1.165) is 53.2 Å². The van der Waals surface area contributed by atoms with Crippen LogP contribution in [0.3, 0.4) is 0 Å². The lowest BCUT2D eigenvalue weighted by atomic mass is 10.0. The Hall–Kier alpha value is -3.44. The van der Waals surface area contributed by atoms with Crippen molar-refractivity contribution in [2.24, 2.45) is 4.99 Å². The largest absolute Gasteiger partial charge is 0.394 e. The Kier molecular flexibility index (Phi) is 5.03. The van der Waals surface area contributed by atoms with Crippen molar-refractivity contribution in [2.75, 3.05) is 18.1 Å². The lowest BCUT2D eigenvalue weighted by Crippen LogP contribution is -2.32. The maximum absolute atomic E-state index is 9.80. The summed E-state index contributed by atoms with van der Waals surface area (Å²) >= 11 is 0. The molecule has 3 heterocycles. The number of anilines is 1. The van der Waals surface area contributed by atoms with E-state index in [4.69, 9.17) is 4.99 Å². The predicted octanol–water partition coefficient (Wildman–Crippen LogP) is 4.46. The first-order valence-corrected chi connectivity index (χ1v) is 10.4. The molecule has 1 atom stereocenters. The fourth-order valence-electron chi connectivity index (χ4n) is 4.21. The molecule has 0 spiro atoms. The number of fused-ring (bicyclic) bond motifs is 1. The molecule has 2 aromatic carbocycles. The van der Waals surface area contributed by atoms with E-state index in [1.807, 2.05) is 47.0 Å². The summed E-state index contributed by atoms with van der Waals surface area (Å²) in [4.78, 5) is 7.40. The number of hydrogen-bond donors (Lipinski definition) is 1. The number of aliphatic hydroxyl groups is 1. The second-order valence-corrected chi connectivity index (χ2v) is 7.60. The van der Waals surface area contributed by atoms with Crippen LogP contribution in [0.2, 0.25) is 0 Å². The Labute approximate surface area is 175 Å². The van der Waals surface area contributed by atoms with E-state index < -0.39 is 0 Å². The molecule has 0 saturated carbocycles. The minimum Gasteiger partial charge on any atom is -0.394 e. The normalized spacial score (nSPS) is 16.2. The van der Waals surface area contributed by atoms with Gasteiger partial charge in [-0.3, -0.25) is 0 Å². The Morgan fingerprint density at radius 3 is 2.33 bits per heavy atom. The molecule has 150 valence electrons. The molecular formula is C25H24N4O. The van der Waals surface area contributed by atoms with E-state index in [1.54, 1.807) is 6.20 Å². The monoisotopic (exact) mass is 396 g/mol. The van der Waals surface area contributed by atoms with E-state index in [0.29, 0.717) is 0 Å². The molecule has 1 aliphatic heterocycles. The van der Waals surface area contributed by atoms with Gasteiger partial charge in [-0.05, 0) is 25.0 Å². The third kappa shape index (κ3) is 3.48. The number of rotatable bonds is 5. The summed E-state index contributed by atoms with van der Waals surface area (Å²) < 4.78 is 1.87. The quantitative estimate of drug-likeness (QED) is 0.507. The molecule has 1 fully saturated rings. The highest BCUT2D eigenvalue weighted by molar-refractivity contribution is 6.13. The van der Waals surface area contributed by atoms with Crippen molar-refractivity contribution >= 4 is 22.7 Å². The molecule has 0 radical (unpaired) electrons. The number of aromatic nitrogens is 2. The Balaban J connectivity index is 1.68. The van der Waals surface area contributed by atoms with Crippen molar-refractivity contribution in [1.29, 1.82) is 0 Å². The minimum absolute atomic E-state index is 0.162. The SMILES string of the molecule is OC[C@@H]1CCCN1c1cc(N=C(c2ccccc2)c2ccccc2)n2nccc2c1. The third-order valence-electron chi connectivity index (χ3n) is 5.70. The van der Waals surface area contributed by atoms with E-state index >= 15 is 0 Å². The van der Waals surface area contributed by atoms with Crippen molar-refractivity contribution in [2.45, 2.75) is 18.9 Å². The second kappa shape index (κ2) is 8.13. The summed E-state index contributed by atoms with van der Waals surface area (Å²) in [5.74, 6) is 0.777. The number of aliphatic imine (C=N–C) groups is 1. The summed E-state index contributed by atoms with van der Waals surface area (Å²) in [7, 11) is 0. The number of benzene rings is 2. The summed E-state index contributed by atoms with van der Waals surface area (Å²) in [6, 6.07) is 26.9. The molecule has 0 unspecified atom stereocenters. The van der Waals surface area contributed by atoms with Gasteiger partial charge in [0.25, 0.3) is 0 Å². The van der Waals surface area contributed by atoms with Crippen molar-refractivity contribution in [3.8, 4) is 0 Å². The molecule has 5 heteroatoms. The summed E-state index contributed by atoms with van der Waals surface area (Å²) in [6.45, 7) is 1.12. The molecule has 0 bridgehead atoms. The van der Waals surface area contributed by atoms with Crippen LogP contribution < -0.4 is 4.90 Å². The smallest absolute Gasteiger partial charge is 0.156 e. The summed E-state index contributed by atoms with van der Waals surface area (Å²) in [5, 5.41) is 14.3. The van der Waals surface area contributed by atoms with Crippen molar-refractivity contribution in [3.63, 3.8) is 0 Å². The number of aliphatic hydroxyl groups excluding tert-OH is 1. The fraction of sp³-hybridized carbons (Fsp3) is 0.200. The van der Waals surface area contributed by atoms with Gasteiger partial charge in [0.05, 0.1) is 30.1 Å². The zero-order chi connectivity index (χ0) is 20.3. The average molecular weight is 396 g/mol. The zero-order valence-corrected chi connectivity index (χ0v) is 16.7. The van der Waals surface area contributed by atoms with E-state index in [9.17, 15) is 5.11 Å². The van der Waals surface area contributed by atoms with Gasteiger partial charge < -0.3 is 10.0 Å². The van der Waals surface area contributed by atoms with Crippen LogP contribution in [-0.4, -0.2) is 39.6 Å². The highest BCUT2D eigenvalue weighted by Gasteiger charge is 2.25. The van der Waals surface area contributed by atoms with Crippen LogP contribution in [0.15, 0.2) is 90.1 Å². The van der Waals surface area contributed by atoms with Crippen LogP contribution in [0.5, 0.6) is 0 Å². The van der Waals surface area contributed by atoms with E-state index in [2.05, 4.69) is 46.4 Å². The Morgan fingerprint density at radius 2 is 1.67 bits per heavy atom. The molecule has 4 aromatic rings. The molecule has 1 saturated heterocycles. The molecule has 1 aliphatic rings. The highest BCUT2D eigenvalue weighted by Crippen LogP contribution is 2.31. The van der Waals surface area contributed by atoms with Gasteiger partial charge in [0.15, 0.2) is 5.82 Å². The van der Waals surface area contributed by atoms with Crippen LogP contribution in [0.25, 0.3) is 5.52 Å². The number of hydrogen-bond acceptors (Lipinski definition) is 4. The van der Waals surface area contributed by atoms with Crippen LogP contribution in [0.4, 0.5) is 11.5 Å². The maximum atomic E-state index is 9.80. The molecule has 1 N–H and O–H groups in total. The topological polar surface area (TPSA) is 53.1 Å². The minimum atomic E-state index is 0.162. The van der Waals surface area contributed by atoms with Crippen molar-refractivity contribution < 1.29 is 5.11 Å². The van der Waals surface area contributed by atoms with Crippen LogP contribution in [0.1, 0.15) is 24.0 Å². The van der Waals surface area contributed by atoms with Gasteiger partial charge >= 0.3 is 0 Å². The molecule has 30 heavy (non-hydrogen) atoms. The first kappa shape index (κ1) is 18.6. The molecule has 0 aliphatic carbocycles. The van der Waals surface area contributed by atoms with Gasteiger partial charge in [-0.15, -0.1) is 0 Å². The van der Waals surface area contributed by atoms with Crippen molar-refractivity contribution in [3.05, 3.63) is 96.2 Å². The molecular weight excluding hydrogens is 372 g/mol. The maximum Gasteiger partial charge on any atom is 0.156 e. The third-order valence-corrected chi connectivity index (χ3v) is 5.70. The highest BCUT2D eigenvalue weighted by atomic mass is 16.3. The second-order valence-electron chi connectivity index (χ2n) is 7.60. The first-order chi connectivity index (χ1) is 14.8. The van der Waals surface area contributed by atoms with Gasteiger partial charge in [-0.25, -0.2) is 9.51 Å². The van der Waals surface area contributed by atoms with Gasteiger partial charge in [-0.1, -0.05) is 60.7 Å². The average Bonchev–Trinajstić information content (AvgIpc) is 3.47. The van der Waals surface area contributed by atoms with Gasteiger partial charge in [0, 0.05) is 29.4 Å². The lowest BCUT2D eigenvalue weighted by molar-refractivity contribution is 0.266. The number of nitrogens with zero attached hydrogens (tertiary/aromatic N) is 4. The molecule has 0 amide bonds. The standard InChI is InChI=1S/C25H24N4O/c30-18-22-12-7-15-28(22)23-16-21-13-14-26-29(21)24(17-23)27-25(19-8-3-1-4-9-19)20-10-5-2-6-11-20/h1-6,8-11,13-14,16-17,22,30H,7,12,15,18H2/t22-/m0/s1. The van der Waals surface area contributed by atoms with Gasteiger partial charge in [0.1, 0.15) is 0 Å². The van der Waals surface area contributed by atoms with Gasteiger partial charge in [0.2, 0.25) is 0 Å². The fourth-order valence-corrected chi connectivity index (χ4v) is 4.21. The Bertz CT molecular complexity index is 1130. The summed E-state index contributed by atoms with van der Waals surface area (Å²) in [5.41, 5.74) is 5.10. The molecule has 5 nitrogen and oxygen atoms in total. The zero-order valence-electron chi connectivity index (χ0n) is 16.7. The number of pyridine rings is 1. The van der Waals surface area contributed by atoms with E-state index in [1.165, 1.54) is 0 Å². The first-order valence-electron chi connectivity index (χ1n) is 10.4. The van der Waals surface area contributed by atoms with Crippen LogP contribution >= 0.6 is 0 Å². The van der Waals surface area contributed by atoms with Gasteiger partial charge in [-0.2, -0.15) is 5.10 Å². The molecule has 2 aromatic heterocycles. The van der Waals surface area contributed by atoms with Crippen LogP contribution in [-0.2, 0) is 0 Å². The van der Waals surface area contributed by atoms with Crippen molar-refractivity contribution in [1.82, 2.24) is 9.61 Å². The predicted molar refractivity (Wildman–Crippen MR) is 121 cm³/mol.